The van der Waals surface area contributed by atoms with E-state index >= 15 is 0 Å². The lowest BCUT2D eigenvalue weighted by molar-refractivity contribution is -0.202. The van der Waals surface area contributed by atoms with E-state index in [1.54, 1.807) is 0 Å². The average Bonchev–Trinajstić information content (AvgIpc) is 3.17. The molecule has 0 radical (unpaired) electrons. The normalized spacial score (nSPS) is 28.0. The maximum absolute atomic E-state index is 13.5. The number of nitrogens with zero attached hydrogens (tertiary/aromatic N) is 3. The van der Waals surface area contributed by atoms with Crippen LogP contribution in [0.15, 0.2) is 0 Å². The molecule has 2 heterocycles. The van der Waals surface area contributed by atoms with E-state index in [1.807, 2.05) is 25.9 Å². The van der Waals surface area contributed by atoms with Crippen molar-refractivity contribution in [1.82, 2.24) is 20.0 Å². The molecule has 3 aliphatic rings. The van der Waals surface area contributed by atoms with Crippen LogP contribution in [0.25, 0.3) is 0 Å². The van der Waals surface area contributed by atoms with E-state index in [4.69, 9.17) is 14.2 Å². The molecule has 178 valence electrons. The van der Waals surface area contributed by atoms with Crippen molar-refractivity contribution in [2.24, 2.45) is 11.8 Å². The molecule has 0 aromatic carbocycles. The van der Waals surface area contributed by atoms with Crippen molar-refractivity contribution >= 4 is 11.9 Å². The minimum Gasteiger partial charge on any atom is -0.380 e. The first-order valence-electron chi connectivity index (χ1n) is 11.6. The standard InChI is InChI=1S/C22H40N4O5/c1-5-29-11-10-26(21(28)23-8-9-24(2)3)20(27)18-14-17-15-22(30-12-13-31-22)7-6-19(17)25(4)16-18/h17-19H,5-16H2,1-4H3,(H,23,28)/t17?,18-,19?/m1/s1. The van der Waals surface area contributed by atoms with Gasteiger partial charge in [0.15, 0.2) is 5.79 Å². The van der Waals surface area contributed by atoms with Crippen LogP contribution < -0.4 is 5.32 Å². The SMILES string of the molecule is CCOCCN(C(=O)NCCN(C)C)C(=O)[C@@H]1CC2CC3(CCC2N(C)C1)OCCO3. The predicted molar refractivity (Wildman–Crippen MR) is 117 cm³/mol. The number of hydrogen-bond acceptors (Lipinski definition) is 7. The van der Waals surface area contributed by atoms with E-state index in [1.165, 1.54) is 4.90 Å². The van der Waals surface area contributed by atoms with Gasteiger partial charge < -0.3 is 29.3 Å². The fourth-order valence-corrected chi connectivity index (χ4v) is 5.24. The molecule has 0 aromatic rings. The summed E-state index contributed by atoms with van der Waals surface area (Å²) in [4.78, 5) is 32.0. The molecule has 0 aromatic heterocycles. The zero-order valence-electron chi connectivity index (χ0n) is 19.6. The van der Waals surface area contributed by atoms with Gasteiger partial charge in [-0.25, -0.2) is 4.79 Å². The molecular formula is C22H40N4O5. The molecular weight excluding hydrogens is 400 g/mol. The second-order valence-corrected chi connectivity index (χ2v) is 9.27. The number of rotatable bonds is 8. The highest BCUT2D eigenvalue weighted by Gasteiger charge is 2.49. The number of likely N-dealkylation sites (N-methyl/N-ethyl adjacent to an activating group) is 1. The molecule has 9 heteroatoms. The molecule has 3 atom stereocenters. The van der Waals surface area contributed by atoms with Gasteiger partial charge in [0.05, 0.1) is 32.3 Å². The summed E-state index contributed by atoms with van der Waals surface area (Å²) in [6, 6.07) is 0.104. The van der Waals surface area contributed by atoms with E-state index in [-0.39, 0.29) is 24.4 Å². The minimum atomic E-state index is -0.467. The molecule has 2 unspecified atom stereocenters. The van der Waals surface area contributed by atoms with E-state index in [9.17, 15) is 9.59 Å². The summed E-state index contributed by atoms with van der Waals surface area (Å²) >= 11 is 0. The Bertz CT molecular complexity index is 611. The number of nitrogens with one attached hydrogen (secondary N) is 1. The van der Waals surface area contributed by atoms with Crippen LogP contribution in [0.2, 0.25) is 0 Å². The second-order valence-electron chi connectivity index (χ2n) is 9.27. The zero-order valence-corrected chi connectivity index (χ0v) is 19.6. The van der Waals surface area contributed by atoms with Crippen molar-refractivity contribution in [3.63, 3.8) is 0 Å². The summed E-state index contributed by atoms with van der Waals surface area (Å²) in [7, 11) is 5.99. The lowest BCUT2D eigenvalue weighted by atomic mass is 9.72. The molecule has 0 bridgehead atoms. The monoisotopic (exact) mass is 440 g/mol. The van der Waals surface area contributed by atoms with Gasteiger partial charge in [0.2, 0.25) is 5.91 Å². The topological polar surface area (TPSA) is 83.6 Å². The van der Waals surface area contributed by atoms with Crippen LogP contribution in [0, 0.1) is 11.8 Å². The highest BCUT2D eigenvalue weighted by atomic mass is 16.7. The Morgan fingerprint density at radius 3 is 2.65 bits per heavy atom. The number of piperidine rings is 1. The van der Waals surface area contributed by atoms with Gasteiger partial charge in [-0.15, -0.1) is 0 Å². The maximum Gasteiger partial charge on any atom is 0.324 e. The van der Waals surface area contributed by atoms with Crippen molar-refractivity contribution < 1.29 is 23.8 Å². The molecule has 3 fully saturated rings. The van der Waals surface area contributed by atoms with E-state index in [0.29, 0.717) is 51.5 Å². The molecule has 3 rings (SSSR count). The Balaban J connectivity index is 1.65. The summed E-state index contributed by atoms with van der Waals surface area (Å²) in [6.45, 7) is 6.27. The Kier molecular flexibility index (Phi) is 8.69. The van der Waals surface area contributed by atoms with Gasteiger partial charge in [0.25, 0.3) is 0 Å². The number of fused-ring (bicyclic) bond motifs is 1. The maximum atomic E-state index is 13.5. The van der Waals surface area contributed by atoms with Crippen molar-refractivity contribution in [1.29, 1.82) is 0 Å². The Labute approximate surface area is 186 Å². The largest absolute Gasteiger partial charge is 0.380 e. The average molecular weight is 441 g/mol. The first-order valence-corrected chi connectivity index (χ1v) is 11.6. The Morgan fingerprint density at radius 2 is 1.97 bits per heavy atom. The number of carbonyl (C=O) groups is 2. The predicted octanol–water partition coefficient (Wildman–Crippen LogP) is 0.986. The molecule has 1 aliphatic carbocycles. The van der Waals surface area contributed by atoms with Crippen LogP contribution in [0.5, 0.6) is 0 Å². The lowest BCUT2D eigenvalue weighted by Crippen LogP contribution is -2.57. The number of amides is 3. The van der Waals surface area contributed by atoms with Gasteiger partial charge in [-0.1, -0.05) is 0 Å². The lowest BCUT2D eigenvalue weighted by Gasteiger charge is -2.49. The van der Waals surface area contributed by atoms with Crippen LogP contribution in [0.1, 0.15) is 32.6 Å². The van der Waals surface area contributed by atoms with E-state index < -0.39 is 5.79 Å². The molecule has 31 heavy (non-hydrogen) atoms. The first-order chi connectivity index (χ1) is 14.8. The zero-order chi connectivity index (χ0) is 22.4. The highest BCUT2D eigenvalue weighted by Crippen LogP contribution is 2.45. The summed E-state index contributed by atoms with van der Waals surface area (Å²) in [5.41, 5.74) is 0. The summed E-state index contributed by atoms with van der Waals surface area (Å²) < 4.78 is 17.3. The van der Waals surface area contributed by atoms with Crippen LogP contribution in [0.4, 0.5) is 4.79 Å². The van der Waals surface area contributed by atoms with E-state index in [0.717, 1.165) is 32.2 Å². The van der Waals surface area contributed by atoms with Gasteiger partial charge in [-0.05, 0) is 46.8 Å². The number of hydrogen-bond donors (Lipinski definition) is 1. The van der Waals surface area contributed by atoms with Crippen molar-refractivity contribution in [3.8, 4) is 0 Å². The summed E-state index contributed by atoms with van der Waals surface area (Å²) in [5.74, 6) is -0.472. The summed E-state index contributed by atoms with van der Waals surface area (Å²) in [5, 5.41) is 2.88. The van der Waals surface area contributed by atoms with Crippen LogP contribution in [-0.2, 0) is 19.0 Å². The summed E-state index contributed by atoms with van der Waals surface area (Å²) in [6.07, 6.45) is 3.51. The smallest absolute Gasteiger partial charge is 0.324 e. The molecule has 1 spiro atoms. The first kappa shape index (κ1) is 24.4. The molecule has 9 nitrogen and oxygen atoms in total. The third-order valence-corrected chi connectivity index (χ3v) is 6.77. The minimum absolute atomic E-state index is 0.111. The van der Waals surface area contributed by atoms with E-state index in [2.05, 4.69) is 17.3 Å². The Morgan fingerprint density at radius 1 is 1.23 bits per heavy atom. The molecule has 1 N–H and O–H groups in total. The van der Waals surface area contributed by atoms with Crippen LogP contribution in [0.3, 0.4) is 0 Å². The van der Waals surface area contributed by atoms with Crippen molar-refractivity contribution in [2.75, 3.05) is 73.7 Å². The van der Waals surface area contributed by atoms with Crippen molar-refractivity contribution in [3.05, 3.63) is 0 Å². The fourth-order valence-electron chi connectivity index (χ4n) is 5.24. The van der Waals surface area contributed by atoms with Gasteiger partial charge in [-0.3, -0.25) is 9.69 Å². The van der Waals surface area contributed by atoms with Crippen LogP contribution >= 0.6 is 0 Å². The van der Waals surface area contributed by atoms with Crippen LogP contribution in [-0.4, -0.2) is 112 Å². The molecule has 2 saturated heterocycles. The molecule has 2 aliphatic heterocycles. The highest BCUT2D eigenvalue weighted by molar-refractivity contribution is 5.95. The van der Waals surface area contributed by atoms with Gasteiger partial charge in [0, 0.05) is 45.1 Å². The number of carbonyl (C=O) groups excluding carboxylic acids is 2. The number of imide groups is 1. The second kappa shape index (κ2) is 11.0. The Hall–Kier alpha value is -1.26. The molecule has 3 amide bonds. The molecule has 1 saturated carbocycles. The quantitative estimate of drug-likeness (QED) is 0.564. The number of likely N-dealkylation sites (tertiary alicyclic amines) is 1. The third kappa shape index (κ3) is 6.16. The van der Waals surface area contributed by atoms with Gasteiger partial charge in [0.1, 0.15) is 0 Å². The number of urea groups is 1. The van der Waals surface area contributed by atoms with Gasteiger partial charge >= 0.3 is 6.03 Å². The number of ether oxygens (including phenoxy) is 3. The van der Waals surface area contributed by atoms with Crippen molar-refractivity contribution in [2.45, 2.75) is 44.4 Å². The third-order valence-electron chi connectivity index (χ3n) is 6.77. The fraction of sp³-hybridized carbons (Fsp3) is 0.909. The van der Waals surface area contributed by atoms with Gasteiger partial charge in [-0.2, -0.15) is 0 Å².